The van der Waals surface area contributed by atoms with Crippen LogP contribution in [0.4, 0.5) is 10.6 Å². The van der Waals surface area contributed by atoms with Gasteiger partial charge >= 0.3 is 6.09 Å². The first-order chi connectivity index (χ1) is 22.4. The summed E-state index contributed by atoms with van der Waals surface area (Å²) in [5.41, 5.74) is 1.14. The molecule has 3 fully saturated rings. The van der Waals surface area contributed by atoms with Gasteiger partial charge in [0.05, 0.1) is 31.2 Å². The van der Waals surface area contributed by atoms with Crippen LogP contribution in [-0.2, 0) is 37.8 Å². The summed E-state index contributed by atoms with van der Waals surface area (Å²) in [6, 6.07) is -0.147. The normalized spacial score (nSPS) is 25.6. The maximum atomic E-state index is 13.6. The number of carbonyl (C=O) groups excluding carboxylic acids is 2. The van der Waals surface area contributed by atoms with Gasteiger partial charge in [-0.25, -0.2) is 15.0 Å². The van der Waals surface area contributed by atoms with Crippen molar-refractivity contribution in [2.45, 2.75) is 114 Å². The van der Waals surface area contributed by atoms with Crippen LogP contribution in [0.2, 0.25) is 5.28 Å². The molecule has 2 amide bonds. The summed E-state index contributed by atoms with van der Waals surface area (Å²) < 4.78 is 51.4. The Kier molecular flexibility index (Phi) is 10.5. The molecule has 1 saturated carbocycles. The molecule has 48 heavy (non-hydrogen) atoms. The molecule has 1 unspecified atom stereocenters. The van der Waals surface area contributed by atoms with E-state index in [1.54, 1.807) is 51.2 Å². The number of nitrogens with one attached hydrogen (secondary N) is 1. The zero-order valence-electron chi connectivity index (χ0n) is 28.6. The van der Waals surface area contributed by atoms with Crippen LogP contribution in [0.25, 0.3) is 11.0 Å². The highest BCUT2D eigenvalue weighted by Gasteiger charge is 2.57. The molecule has 3 aliphatic rings. The molecule has 18 heteroatoms. The van der Waals surface area contributed by atoms with Gasteiger partial charge in [0, 0.05) is 13.2 Å². The molecule has 16 nitrogen and oxygen atoms in total. The number of methoxy groups -OCH3 is 1. The lowest BCUT2D eigenvalue weighted by atomic mass is 10.1. The Morgan fingerprint density at radius 3 is 2.46 bits per heavy atom. The van der Waals surface area contributed by atoms with Crippen LogP contribution in [0.1, 0.15) is 73.0 Å². The van der Waals surface area contributed by atoms with Gasteiger partial charge in [0.2, 0.25) is 11.2 Å². The molecule has 0 radical (unpaired) electrons. The third kappa shape index (κ3) is 7.51. The molecule has 268 valence electrons. The number of amides is 2. The largest absolute Gasteiger partial charge is 0.443 e. The topological polar surface area (TPSA) is 186 Å². The molecule has 1 aliphatic carbocycles. The molecule has 5 atom stereocenters. The molecule has 4 heterocycles. The Labute approximate surface area is 284 Å². The van der Waals surface area contributed by atoms with E-state index in [-0.39, 0.29) is 30.4 Å². The van der Waals surface area contributed by atoms with E-state index in [9.17, 15) is 19.4 Å². The highest BCUT2D eigenvalue weighted by Crippen LogP contribution is 2.55. The van der Waals surface area contributed by atoms with Crippen LogP contribution in [0.15, 0.2) is 6.20 Å². The minimum atomic E-state index is -3.19. The predicted molar refractivity (Wildman–Crippen MR) is 174 cm³/mol. The average Bonchev–Trinajstić information content (AvgIpc) is 3.75. The second-order valence-electron chi connectivity index (χ2n) is 14.3. The molecule has 2 aromatic heterocycles. The maximum absolute atomic E-state index is 13.6. The predicted octanol–water partition coefficient (Wildman–Crippen LogP) is 4.46. The van der Waals surface area contributed by atoms with E-state index in [0.29, 0.717) is 11.0 Å². The van der Waals surface area contributed by atoms with E-state index >= 15 is 0 Å². The van der Waals surface area contributed by atoms with Gasteiger partial charge in [0.1, 0.15) is 31.1 Å². The van der Waals surface area contributed by atoms with E-state index in [1.165, 1.54) is 25.1 Å². The number of rotatable bonds is 11. The van der Waals surface area contributed by atoms with Crippen LogP contribution < -0.4 is 10.4 Å². The van der Waals surface area contributed by atoms with Gasteiger partial charge in [-0.15, -0.1) is 0 Å². The first-order valence-corrected chi connectivity index (χ1v) is 18.9. The monoisotopic (exact) mass is 716 g/mol. The Hall–Kier alpha value is -2.43. The minimum absolute atomic E-state index is 0.0997. The molecule has 2 aliphatic heterocycles. The number of ether oxygens (including phenoxy) is 6. The van der Waals surface area contributed by atoms with Crippen LogP contribution in [0.5, 0.6) is 0 Å². The summed E-state index contributed by atoms with van der Waals surface area (Å²) in [5, 5.41) is 12.6. The SMILES string of the molecule is COCC(CC(=O)NO)(OC[C@H]1O[C@@H](n2ncc3c(N(C(=O)OC(C)(C)C)C4CCCC4)nc(Cl)nc32)[C@@H]2OC(C)(C)O[C@@H]21)P(C)(C)=O. The smallest absolute Gasteiger partial charge is 0.416 e. The summed E-state index contributed by atoms with van der Waals surface area (Å²) in [6.07, 6.45) is 1.03. The fourth-order valence-electron chi connectivity index (χ4n) is 6.53. The van der Waals surface area contributed by atoms with Crippen molar-refractivity contribution in [2.24, 2.45) is 0 Å². The zero-order chi connectivity index (χ0) is 35.2. The number of hydrogen-bond acceptors (Lipinski definition) is 13. The first kappa shape index (κ1) is 36.8. The van der Waals surface area contributed by atoms with Crippen molar-refractivity contribution in [1.82, 2.24) is 25.2 Å². The van der Waals surface area contributed by atoms with Crippen molar-refractivity contribution in [1.29, 1.82) is 0 Å². The van der Waals surface area contributed by atoms with Gasteiger partial charge in [0.25, 0.3) is 0 Å². The van der Waals surface area contributed by atoms with E-state index in [0.717, 1.165) is 25.7 Å². The fraction of sp³-hybridized carbons (Fsp3) is 0.767. The van der Waals surface area contributed by atoms with Crippen molar-refractivity contribution >= 4 is 47.6 Å². The Morgan fingerprint density at radius 1 is 1.19 bits per heavy atom. The fourth-order valence-corrected chi connectivity index (χ4v) is 8.04. The van der Waals surface area contributed by atoms with E-state index < -0.39 is 66.8 Å². The number of halogens is 1. The number of aromatic nitrogens is 4. The number of hydrogen-bond donors (Lipinski definition) is 2. The molecule has 2 saturated heterocycles. The molecule has 5 rings (SSSR count). The van der Waals surface area contributed by atoms with Crippen LogP contribution in [-0.4, -0.2) is 112 Å². The van der Waals surface area contributed by atoms with E-state index in [4.69, 9.17) is 40.0 Å². The van der Waals surface area contributed by atoms with Crippen LogP contribution in [0.3, 0.4) is 0 Å². The molecule has 0 spiro atoms. The molecule has 0 aromatic carbocycles. The van der Waals surface area contributed by atoms with Crippen LogP contribution >= 0.6 is 18.7 Å². The summed E-state index contributed by atoms with van der Waals surface area (Å²) in [7, 11) is -1.78. The number of anilines is 1. The molecule has 0 bridgehead atoms. The number of fused-ring (bicyclic) bond motifs is 2. The Balaban J connectivity index is 1.51. The first-order valence-electron chi connectivity index (χ1n) is 15.9. The van der Waals surface area contributed by atoms with Crippen LogP contribution in [0, 0.1) is 0 Å². The average molecular weight is 717 g/mol. The summed E-state index contributed by atoms with van der Waals surface area (Å²) in [4.78, 5) is 36.4. The number of nitrogens with zero attached hydrogens (tertiary/aromatic N) is 5. The second-order valence-corrected chi connectivity index (χ2v) is 18.2. The second kappa shape index (κ2) is 13.7. The summed E-state index contributed by atoms with van der Waals surface area (Å²) in [5.74, 6) is -1.50. The van der Waals surface area contributed by atoms with Crippen molar-refractivity contribution in [3.63, 3.8) is 0 Å². The maximum Gasteiger partial charge on any atom is 0.416 e. The molecular weight excluding hydrogens is 671 g/mol. The van der Waals surface area contributed by atoms with Crippen molar-refractivity contribution in [2.75, 3.05) is 38.6 Å². The zero-order valence-corrected chi connectivity index (χ0v) is 30.2. The standard InChI is InChI=1S/C30H46ClN6O10P/c1-28(2,3)47-27(39)36(17-11-9-10-12-17)23-18-14-32-37(24(18)34-26(31)33-23)25-22-21(45-29(4,5)46-22)19(44-25)15-43-30(16-42-6,48(7,8)41)13-20(38)35-40/h14,17,19,21-22,25,40H,9-13,15-16H2,1-8H3,(H,35,38)/t19-,21-,22-,25-,30?/m1/s1. The summed E-state index contributed by atoms with van der Waals surface area (Å²) >= 11 is 6.51. The third-order valence-electron chi connectivity index (χ3n) is 8.71. The third-order valence-corrected chi connectivity index (χ3v) is 11.3. The van der Waals surface area contributed by atoms with Gasteiger partial charge in [0.15, 0.2) is 28.8 Å². The lowest BCUT2D eigenvalue weighted by Crippen LogP contribution is -2.45. The van der Waals surface area contributed by atoms with Gasteiger partial charge in [-0.05, 0) is 72.4 Å². The number of hydroxylamine groups is 1. The lowest BCUT2D eigenvalue weighted by Gasteiger charge is -2.37. The molecule has 2 N–H and O–H groups in total. The Morgan fingerprint density at radius 2 is 1.85 bits per heavy atom. The van der Waals surface area contributed by atoms with Gasteiger partial charge < -0.3 is 33.0 Å². The lowest BCUT2D eigenvalue weighted by molar-refractivity contribution is -0.207. The number of carbonyl (C=O) groups is 2. The van der Waals surface area contributed by atoms with Gasteiger partial charge in [-0.3, -0.25) is 14.9 Å². The highest BCUT2D eigenvalue weighted by molar-refractivity contribution is 7.63. The quantitative estimate of drug-likeness (QED) is 0.144. The van der Waals surface area contributed by atoms with E-state index in [2.05, 4.69) is 15.1 Å². The van der Waals surface area contributed by atoms with Crippen molar-refractivity contribution in [3.05, 3.63) is 11.5 Å². The molecular formula is C30H46ClN6O10P. The Bertz CT molecular complexity index is 1560. The highest BCUT2D eigenvalue weighted by atomic mass is 35.5. The molecule has 2 aromatic rings. The van der Waals surface area contributed by atoms with Crippen molar-refractivity contribution < 1.29 is 47.8 Å². The van der Waals surface area contributed by atoms with Crippen molar-refractivity contribution in [3.8, 4) is 0 Å². The van der Waals surface area contributed by atoms with Gasteiger partial charge in [-0.2, -0.15) is 15.1 Å². The van der Waals surface area contributed by atoms with Gasteiger partial charge in [-0.1, -0.05) is 12.8 Å². The minimum Gasteiger partial charge on any atom is -0.443 e. The summed E-state index contributed by atoms with van der Waals surface area (Å²) in [6.45, 7) is 11.6. The van der Waals surface area contributed by atoms with E-state index in [1.807, 2.05) is 0 Å².